The third kappa shape index (κ3) is 2.31. The van der Waals surface area contributed by atoms with Crippen LogP contribution in [0.25, 0.3) is 0 Å². The molecule has 1 unspecified atom stereocenters. The molecule has 1 heterocycles. The van der Waals surface area contributed by atoms with Gasteiger partial charge < -0.3 is 0 Å². The average molecular weight is 412 g/mol. The first kappa shape index (κ1) is 16.2. The standard InChI is InChI=1S/C15H10BrNO4S2/c1-9(8-17)10-2-4-12-14(6-10)22(18,19)13-5-3-11(16)7-15(13)23(12,20)21/h2-7,9H,1H3. The van der Waals surface area contributed by atoms with Crippen LogP contribution < -0.4 is 0 Å². The molecular formula is C15H10BrNO4S2. The summed E-state index contributed by atoms with van der Waals surface area (Å²) >= 11 is 3.16. The maximum Gasteiger partial charge on any atom is 0.209 e. The van der Waals surface area contributed by atoms with Crippen molar-refractivity contribution in [3.63, 3.8) is 0 Å². The van der Waals surface area contributed by atoms with Gasteiger partial charge in [0, 0.05) is 4.47 Å². The van der Waals surface area contributed by atoms with Crippen molar-refractivity contribution in [2.24, 2.45) is 0 Å². The normalized spacial score (nSPS) is 18.3. The zero-order chi connectivity index (χ0) is 17.0. The maximum atomic E-state index is 12.8. The lowest BCUT2D eigenvalue weighted by Gasteiger charge is -2.21. The molecule has 2 aromatic carbocycles. The topological polar surface area (TPSA) is 92.1 Å². The molecule has 0 amide bonds. The van der Waals surface area contributed by atoms with Crippen LogP contribution in [-0.4, -0.2) is 16.8 Å². The molecule has 1 aliphatic rings. The summed E-state index contributed by atoms with van der Waals surface area (Å²) in [5.74, 6) is -0.537. The summed E-state index contributed by atoms with van der Waals surface area (Å²) in [5, 5.41) is 8.99. The van der Waals surface area contributed by atoms with Gasteiger partial charge in [-0.05, 0) is 42.8 Å². The third-order valence-electron chi connectivity index (χ3n) is 3.73. The van der Waals surface area contributed by atoms with Crippen molar-refractivity contribution in [3.8, 4) is 6.07 Å². The number of hydrogen-bond donors (Lipinski definition) is 0. The van der Waals surface area contributed by atoms with E-state index in [1.807, 2.05) is 6.07 Å². The smallest absolute Gasteiger partial charge is 0.209 e. The number of halogens is 1. The molecule has 0 spiro atoms. The Labute approximate surface area is 142 Å². The van der Waals surface area contributed by atoms with Crippen molar-refractivity contribution in [1.29, 1.82) is 5.26 Å². The van der Waals surface area contributed by atoms with Crippen LogP contribution in [0.2, 0.25) is 0 Å². The quantitative estimate of drug-likeness (QED) is 0.613. The molecular weight excluding hydrogens is 402 g/mol. The van der Waals surface area contributed by atoms with E-state index < -0.39 is 25.6 Å². The van der Waals surface area contributed by atoms with E-state index in [2.05, 4.69) is 15.9 Å². The Bertz CT molecular complexity index is 1080. The minimum atomic E-state index is -3.96. The molecule has 0 bridgehead atoms. The predicted octanol–water partition coefficient (Wildman–Crippen LogP) is 3.06. The predicted molar refractivity (Wildman–Crippen MR) is 85.5 cm³/mol. The van der Waals surface area contributed by atoms with E-state index in [4.69, 9.17) is 5.26 Å². The number of nitrogens with zero attached hydrogens (tertiary/aromatic N) is 1. The molecule has 0 radical (unpaired) electrons. The van der Waals surface area contributed by atoms with Crippen LogP contribution >= 0.6 is 15.9 Å². The van der Waals surface area contributed by atoms with Crippen molar-refractivity contribution < 1.29 is 16.8 Å². The summed E-state index contributed by atoms with van der Waals surface area (Å²) in [6.07, 6.45) is 0. The minimum Gasteiger partial charge on any atom is -0.218 e. The van der Waals surface area contributed by atoms with Gasteiger partial charge in [0.2, 0.25) is 19.7 Å². The largest absolute Gasteiger partial charge is 0.218 e. The Morgan fingerprint density at radius 1 is 0.913 bits per heavy atom. The minimum absolute atomic E-state index is 0.236. The van der Waals surface area contributed by atoms with E-state index in [1.165, 1.54) is 36.4 Å². The van der Waals surface area contributed by atoms with E-state index in [9.17, 15) is 16.8 Å². The van der Waals surface area contributed by atoms with Gasteiger partial charge in [0.15, 0.2) is 0 Å². The summed E-state index contributed by atoms with van der Waals surface area (Å²) in [7, 11) is -7.90. The zero-order valence-electron chi connectivity index (χ0n) is 11.8. The molecule has 8 heteroatoms. The van der Waals surface area contributed by atoms with Crippen LogP contribution in [0.5, 0.6) is 0 Å². The molecule has 118 valence electrons. The van der Waals surface area contributed by atoms with Crippen LogP contribution in [0.3, 0.4) is 0 Å². The second-order valence-electron chi connectivity index (χ2n) is 5.15. The highest BCUT2D eigenvalue weighted by Gasteiger charge is 2.39. The van der Waals surface area contributed by atoms with Crippen molar-refractivity contribution in [3.05, 3.63) is 46.4 Å². The lowest BCUT2D eigenvalue weighted by molar-refractivity contribution is 0.569. The van der Waals surface area contributed by atoms with Crippen LogP contribution in [0, 0.1) is 11.3 Å². The average Bonchev–Trinajstić information content (AvgIpc) is 2.52. The molecule has 2 aromatic rings. The first-order valence-electron chi connectivity index (χ1n) is 6.53. The number of sulfone groups is 2. The van der Waals surface area contributed by atoms with Crippen molar-refractivity contribution >= 4 is 35.6 Å². The van der Waals surface area contributed by atoms with E-state index in [1.54, 1.807) is 6.92 Å². The SMILES string of the molecule is CC(C#N)c1ccc2c(c1)S(=O)(=O)c1ccc(Br)cc1S2(=O)=O. The van der Waals surface area contributed by atoms with E-state index in [0.29, 0.717) is 10.0 Å². The molecule has 23 heavy (non-hydrogen) atoms. The molecule has 5 nitrogen and oxygen atoms in total. The van der Waals surface area contributed by atoms with Gasteiger partial charge in [0.25, 0.3) is 0 Å². The van der Waals surface area contributed by atoms with Gasteiger partial charge >= 0.3 is 0 Å². The highest BCUT2D eigenvalue weighted by atomic mass is 79.9. The van der Waals surface area contributed by atoms with Crippen LogP contribution in [-0.2, 0) is 19.7 Å². The Morgan fingerprint density at radius 2 is 1.43 bits per heavy atom. The summed E-state index contributed by atoms with van der Waals surface area (Å²) in [5.41, 5.74) is 0.464. The molecule has 3 rings (SSSR count). The molecule has 1 aliphatic heterocycles. The first-order valence-corrected chi connectivity index (χ1v) is 10.3. The highest BCUT2D eigenvalue weighted by Crippen LogP contribution is 2.42. The Hall–Kier alpha value is -1.69. The van der Waals surface area contributed by atoms with Crippen LogP contribution in [0.4, 0.5) is 0 Å². The van der Waals surface area contributed by atoms with E-state index in [0.717, 1.165) is 0 Å². The molecule has 0 N–H and O–H groups in total. The lowest BCUT2D eigenvalue weighted by atomic mass is 10.0. The zero-order valence-corrected chi connectivity index (χ0v) is 15.0. The van der Waals surface area contributed by atoms with Crippen molar-refractivity contribution in [2.45, 2.75) is 32.4 Å². The van der Waals surface area contributed by atoms with E-state index in [-0.39, 0.29) is 19.6 Å². The molecule has 0 fully saturated rings. The number of hydrogen-bond acceptors (Lipinski definition) is 5. The number of fused-ring (bicyclic) bond motifs is 2. The van der Waals surface area contributed by atoms with Gasteiger partial charge in [-0.2, -0.15) is 5.26 Å². The Balaban J connectivity index is 2.42. The van der Waals surface area contributed by atoms with Gasteiger partial charge in [-0.1, -0.05) is 22.0 Å². The Kier molecular flexibility index (Phi) is 3.63. The molecule has 0 aromatic heterocycles. The van der Waals surface area contributed by atoms with Gasteiger partial charge in [0.05, 0.1) is 31.6 Å². The number of nitriles is 1. The lowest BCUT2D eigenvalue weighted by Crippen LogP contribution is -2.20. The molecule has 0 saturated heterocycles. The fourth-order valence-electron chi connectivity index (χ4n) is 2.45. The van der Waals surface area contributed by atoms with Gasteiger partial charge in [0.1, 0.15) is 0 Å². The number of benzene rings is 2. The van der Waals surface area contributed by atoms with Crippen molar-refractivity contribution in [1.82, 2.24) is 0 Å². The molecule has 0 saturated carbocycles. The molecule has 0 aliphatic carbocycles. The third-order valence-corrected chi connectivity index (χ3v) is 8.18. The van der Waals surface area contributed by atoms with Gasteiger partial charge in [-0.25, -0.2) is 16.8 Å². The van der Waals surface area contributed by atoms with Crippen LogP contribution in [0.15, 0.2) is 60.5 Å². The highest BCUT2D eigenvalue weighted by molar-refractivity contribution is 9.10. The first-order chi connectivity index (χ1) is 10.7. The summed E-state index contributed by atoms with van der Waals surface area (Å²) in [4.78, 5) is -1.00. The Morgan fingerprint density at radius 3 is 2.00 bits per heavy atom. The van der Waals surface area contributed by atoms with Crippen molar-refractivity contribution in [2.75, 3.05) is 0 Å². The summed E-state index contributed by atoms with van der Waals surface area (Å²) in [6, 6.07) is 10.1. The van der Waals surface area contributed by atoms with Gasteiger partial charge in [-0.15, -0.1) is 0 Å². The van der Waals surface area contributed by atoms with E-state index >= 15 is 0 Å². The summed E-state index contributed by atoms with van der Waals surface area (Å²) < 4.78 is 51.5. The second kappa shape index (κ2) is 5.16. The fourth-order valence-corrected chi connectivity index (χ4v) is 7.14. The second-order valence-corrected chi connectivity index (χ2v) is 9.84. The summed E-state index contributed by atoms with van der Waals surface area (Å²) in [6.45, 7) is 1.62. The monoisotopic (exact) mass is 411 g/mol. The fraction of sp³-hybridized carbons (Fsp3) is 0.133. The maximum absolute atomic E-state index is 12.8. The van der Waals surface area contributed by atoms with Crippen LogP contribution in [0.1, 0.15) is 18.4 Å². The van der Waals surface area contributed by atoms with Gasteiger partial charge in [-0.3, -0.25) is 0 Å². The molecule has 1 atom stereocenters. The number of rotatable bonds is 1.